The van der Waals surface area contributed by atoms with Crippen LogP contribution in [0.5, 0.6) is 0 Å². The maximum atomic E-state index is 10.3. The molecular weight excluding hydrogens is 270 g/mol. The maximum absolute atomic E-state index is 10.3. The summed E-state index contributed by atoms with van der Waals surface area (Å²) in [4.78, 5) is 0. The Morgan fingerprint density at radius 2 is 1.64 bits per heavy atom. The molecule has 0 spiro atoms. The number of aliphatic hydroxyl groups excluding tert-OH is 1. The highest BCUT2D eigenvalue weighted by Gasteiger charge is 2.18. The van der Waals surface area contributed by atoms with Gasteiger partial charge in [-0.05, 0) is 55.3 Å². The van der Waals surface area contributed by atoms with Crippen molar-refractivity contribution in [2.75, 3.05) is 6.54 Å². The van der Waals surface area contributed by atoms with Crippen LogP contribution in [0.3, 0.4) is 0 Å². The minimum absolute atomic E-state index is 0.348. The number of nitrogens with one attached hydrogen (secondary N) is 1. The van der Waals surface area contributed by atoms with Gasteiger partial charge in [-0.3, -0.25) is 0 Å². The monoisotopic (exact) mass is 295 g/mol. The molecule has 0 aliphatic carbocycles. The van der Waals surface area contributed by atoms with Crippen LogP contribution in [0.1, 0.15) is 42.1 Å². The lowest BCUT2D eigenvalue weighted by atomic mass is 9.98. The second-order valence-corrected chi connectivity index (χ2v) is 6.27. The predicted molar refractivity (Wildman–Crippen MR) is 90.9 cm³/mol. The van der Waals surface area contributed by atoms with Gasteiger partial charge in [-0.15, -0.1) is 0 Å². The lowest BCUT2D eigenvalue weighted by molar-refractivity contribution is 0.154. The van der Waals surface area contributed by atoms with Crippen LogP contribution in [-0.2, 0) is 12.8 Å². The van der Waals surface area contributed by atoms with E-state index in [1.165, 1.54) is 24.0 Å². The number of hydrogen-bond acceptors (Lipinski definition) is 2. The largest absolute Gasteiger partial charge is 0.388 e. The van der Waals surface area contributed by atoms with Crippen LogP contribution in [0.25, 0.3) is 0 Å². The van der Waals surface area contributed by atoms with Gasteiger partial charge in [0.05, 0.1) is 6.10 Å². The molecule has 2 aromatic carbocycles. The zero-order valence-electron chi connectivity index (χ0n) is 13.0. The van der Waals surface area contributed by atoms with Crippen molar-refractivity contribution in [1.82, 2.24) is 5.32 Å². The maximum Gasteiger partial charge on any atom is 0.0804 e. The van der Waals surface area contributed by atoms with Crippen molar-refractivity contribution in [3.63, 3.8) is 0 Å². The van der Waals surface area contributed by atoms with Crippen LogP contribution >= 0.6 is 0 Å². The molecule has 2 aromatic rings. The molecule has 0 bridgehead atoms. The van der Waals surface area contributed by atoms with Crippen molar-refractivity contribution in [2.24, 2.45) is 0 Å². The summed E-state index contributed by atoms with van der Waals surface area (Å²) in [6.07, 6.45) is 5.00. The van der Waals surface area contributed by atoms with Crippen molar-refractivity contribution < 1.29 is 5.11 Å². The Morgan fingerprint density at radius 1 is 0.955 bits per heavy atom. The van der Waals surface area contributed by atoms with E-state index in [1.807, 2.05) is 0 Å². The Kier molecular flexibility index (Phi) is 5.25. The van der Waals surface area contributed by atoms with Crippen molar-refractivity contribution in [3.8, 4) is 0 Å². The number of aliphatic hydroxyl groups is 1. The van der Waals surface area contributed by atoms with Gasteiger partial charge in [0.15, 0.2) is 0 Å². The average Bonchev–Trinajstić information content (AvgIpc) is 3.07. The molecule has 2 atom stereocenters. The van der Waals surface area contributed by atoms with E-state index < -0.39 is 0 Å². The van der Waals surface area contributed by atoms with Crippen molar-refractivity contribution in [1.29, 1.82) is 0 Å². The van der Waals surface area contributed by atoms with Gasteiger partial charge in [0, 0.05) is 6.04 Å². The smallest absolute Gasteiger partial charge is 0.0804 e. The average molecular weight is 295 g/mol. The van der Waals surface area contributed by atoms with Gasteiger partial charge < -0.3 is 10.4 Å². The molecule has 1 saturated heterocycles. The van der Waals surface area contributed by atoms with E-state index in [2.05, 4.69) is 59.9 Å². The molecule has 2 unspecified atom stereocenters. The molecule has 1 fully saturated rings. The Hall–Kier alpha value is -1.64. The first-order chi connectivity index (χ1) is 10.8. The van der Waals surface area contributed by atoms with Crippen LogP contribution < -0.4 is 5.32 Å². The normalized spacial score (nSPS) is 19.2. The third-order valence-corrected chi connectivity index (χ3v) is 4.58. The van der Waals surface area contributed by atoms with E-state index in [4.69, 9.17) is 0 Å². The van der Waals surface area contributed by atoms with E-state index in [9.17, 15) is 5.11 Å². The minimum atomic E-state index is -0.348. The number of benzene rings is 2. The molecule has 1 aliphatic heterocycles. The van der Waals surface area contributed by atoms with Gasteiger partial charge in [-0.1, -0.05) is 54.6 Å². The highest BCUT2D eigenvalue weighted by molar-refractivity contribution is 5.26. The summed E-state index contributed by atoms with van der Waals surface area (Å²) in [6.45, 7) is 1.09. The molecule has 0 saturated carbocycles. The van der Waals surface area contributed by atoms with Crippen LogP contribution in [0.15, 0.2) is 54.6 Å². The Balaban J connectivity index is 1.53. The Bertz CT molecular complexity index is 558. The van der Waals surface area contributed by atoms with Crippen molar-refractivity contribution in [2.45, 2.75) is 44.2 Å². The highest BCUT2D eigenvalue weighted by Crippen LogP contribution is 2.22. The SMILES string of the molecule is OC(CC1CCCN1)c1ccc(CCc2ccccc2)cc1. The second kappa shape index (κ2) is 7.57. The quantitative estimate of drug-likeness (QED) is 0.852. The Labute approximate surface area is 133 Å². The fourth-order valence-corrected chi connectivity index (χ4v) is 3.20. The summed E-state index contributed by atoms with van der Waals surface area (Å²) in [7, 11) is 0. The van der Waals surface area contributed by atoms with Gasteiger partial charge in [-0.2, -0.15) is 0 Å². The third-order valence-electron chi connectivity index (χ3n) is 4.58. The van der Waals surface area contributed by atoms with Gasteiger partial charge in [-0.25, -0.2) is 0 Å². The van der Waals surface area contributed by atoms with Gasteiger partial charge in [0.1, 0.15) is 0 Å². The standard InChI is InChI=1S/C20H25NO/c22-20(15-19-7-4-14-21-19)18-12-10-17(11-13-18)9-8-16-5-2-1-3-6-16/h1-3,5-6,10-13,19-22H,4,7-9,14-15H2. The summed E-state index contributed by atoms with van der Waals surface area (Å²) in [5, 5.41) is 13.8. The van der Waals surface area contributed by atoms with Crippen LogP contribution in [-0.4, -0.2) is 17.7 Å². The Morgan fingerprint density at radius 3 is 2.27 bits per heavy atom. The molecule has 1 aliphatic rings. The molecule has 0 amide bonds. The highest BCUT2D eigenvalue weighted by atomic mass is 16.3. The predicted octanol–water partition coefficient (Wildman–Crippen LogP) is 3.65. The van der Waals surface area contributed by atoms with Gasteiger partial charge in [0.2, 0.25) is 0 Å². The number of aryl methyl sites for hydroxylation is 2. The first kappa shape index (κ1) is 15.3. The molecule has 2 nitrogen and oxygen atoms in total. The molecular formula is C20H25NO. The molecule has 1 heterocycles. The topological polar surface area (TPSA) is 32.3 Å². The zero-order valence-corrected chi connectivity index (χ0v) is 13.0. The summed E-state index contributed by atoms with van der Waals surface area (Å²) >= 11 is 0. The van der Waals surface area contributed by atoms with Crippen LogP contribution in [0, 0.1) is 0 Å². The fraction of sp³-hybridized carbons (Fsp3) is 0.400. The molecule has 2 N–H and O–H groups in total. The van der Waals surface area contributed by atoms with E-state index in [0.717, 1.165) is 31.4 Å². The number of rotatable bonds is 6. The first-order valence-electron chi connectivity index (χ1n) is 8.35. The van der Waals surface area contributed by atoms with Crippen LogP contribution in [0.4, 0.5) is 0 Å². The van der Waals surface area contributed by atoms with Crippen LogP contribution in [0.2, 0.25) is 0 Å². The molecule has 22 heavy (non-hydrogen) atoms. The molecule has 3 rings (SSSR count). The van der Waals surface area contributed by atoms with E-state index in [1.54, 1.807) is 0 Å². The van der Waals surface area contributed by atoms with Gasteiger partial charge in [0.25, 0.3) is 0 Å². The summed E-state index contributed by atoms with van der Waals surface area (Å²) in [6, 6.07) is 19.5. The molecule has 0 aromatic heterocycles. The molecule has 2 heteroatoms. The summed E-state index contributed by atoms with van der Waals surface area (Å²) < 4.78 is 0. The lowest BCUT2D eigenvalue weighted by Crippen LogP contribution is -2.23. The lowest BCUT2D eigenvalue weighted by Gasteiger charge is -2.16. The number of hydrogen-bond donors (Lipinski definition) is 2. The fourth-order valence-electron chi connectivity index (χ4n) is 3.20. The first-order valence-corrected chi connectivity index (χ1v) is 8.35. The van der Waals surface area contributed by atoms with Crippen molar-refractivity contribution >= 4 is 0 Å². The zero-order chi connectivity index (χ0) is 15.2. The van der Waals surface area contributed by atoms with E-state index in [0.29, 0.717) is 6.04 Å². The second-order valence-electron chi connectivity index (χ2n) is 6.27. The molecule has 0 radical (unpaired) electrons. The minimum Gasteiger partial charge on any atom is -0.388 e. The molecule has 116 valence electrons. The summed E-state index contributed by atoms with van der Waals surface area (Å²) in [5.74, 6) is 0. The third kappa shape index (κ3) is 4.19. The summed E-state index contributed by atoms with van der Waals surface area (Å²) in [5.41, 5.74) is 3.75. The van der Waals surface area contributed by atoms with E-state index in [-0.39, 0.29) is 6.10 Å². The van der Waals surface area contributed by atoms with E-state index >= 15 is 0 Å². The van der Waals surface area contributed by atoms with Gasteiger partial charge >= 0.3 is 0 Å². The van der Waals surface area contributed by atoms with Crippen molar-refractivity contribution in [3.05, 3.63) is 71.3 Å².